The highest BCUT2D eigenvalue weighted by atomic mass is 16.2. The average molecular weight is 210 g/mol. The Labute approximate surface area is 93.0 Å². The number of carbonyl (C=O) groups excluding carboxylic acids is 1. The van der Waals surface area contributed by atoms with Crippen LogP contribution in [0.15, 0.2) is 37.0 Å². The van der Waals surface area contributed by atoms with Gasteiger partial charge in [0.1, 0.15) is 0 Å². The summed E-state index contributed by atoms with van der Waals surface area (Å²) in [5.74, 6) is 0. The highest BCUT2D eigenvalue weighted by Gasteiger charge is 1.95. The van der Waals surface area contributed by atoms with Crippen LogP contribution < -0.4 is 10.6 Å². The molecule has 0 saturated heterocycles. The van der Waals surface area contributed by atoms with Crippen LogP contribution in [0.4, 0.5) is 4.79 Å². The normalized spacial score (nSPS) is 9.40. The van der Waals surface area contributed by atoms with E-state index < -0.39 is 0 Å². The van der Waals surface area contributed by atoms with Gasteiger partial charge in [-0.3, -0.25) is 0 Å². The second-order valence-electron chi connectivity index (χ2n) is 2.44. The highest BCUT2D eigenvalue weighted by Crippen LogP contribution is 2.00. The molecule has 2 amide bonds. The first-order valence-electron chi connectivity index (χ1n) is 5.14. The minimum Gasteiger partial charge on any atom is -0.341 e. The average Bonchev–Trinajstić information content (AvgIpc) is 2.30. The molecule has 0 aliphatic heterocycles. The molecule has 0 aromatic heterocycles. The lowest BCUT2D eigenvalue weighted by Crippen LogP contribution is -2.33. The molecule has 0 aliphatic rings. The zero-order valence-corrected chi connectivity index (χ0v) is 9.97. The predicted molar refractivity (Wildman–Crippen MR) is 66.9 cm³/mol. The summed E-state index contributed by atoms with van der Waals surface area (Å²) in [7, 11) is 1.59. The smallest absolute Gasteiger partial charge is 0.314 e. The van der Waals surface area contributed by atoms with Gasteiger partial charge in [0.05, 0.1) is 0 Å². The predicted octanol–water partition coefficient (Wildman–Crippen LogP) is 2.63. The summed E-state index contributed by atoms with van der Waals surface area (Å²) < 4.78 is 0. The molecule has 2 N–H and O–H groups in total. The van der Waals surface area contributed by atoms with Gasteiger partial charge in [-0.05, 0) is 12.0 Å². The van der Waals surface area contributed by atoms with Gasteiger partial charge >= 0.3 is 6.03 Å². The lowest BCUT2D eigenvalue weighted by atomic mass is 10.2. The maximum atomic E-state index is 10.8. The SMILES string of the molecule is C=C/C=C(\C=C)CCNC(=O)NC.CC. The van der Waals surface area contributed by atoms with E-state index in [4.69, 9.17) is 0 Å². The first-order valence-corrected chi connectivity index (χ1v) is 5.14. The Bertz CT molecular complexity index is 220. The lowest BCUT2D eigenvalue weighted by Gasteiger charge is -2.03. The van der Waals surface area contributed by atoms with Crippen molar-refractivity contribution in [1.82, 2.24) is 10.6 Å². The summed E-state index contributed by atoms with van der Waals surface area (Å²) in [6, 6.07) is -0.165. The molecule has 0 unspecified atom stereocenters. The Hall–Kier alpha value is -1.51. The van der Waals surface area contributed by atoms with Crippen LogP contribution in [-0.2, 0) is 0 Å². The fourth-order valence-corrected chi connectivity index (χ4v) is 0.814. The van der Waals surface area contributed by atoms with Crippen LogP contribution in [0, 0.1) is 0 Å². The molecular formula is C12H22N2O. The maximum Gasteiger partial charge on any atom is 0.314 e. The number of urea groups is 1. The largest absolute Gasteiger partial charge is 0.341 e. The molecule has 0 radical (unpaired) electrons. The third-order valence-corrected chi connectivity index (χ3v) is 1.52. The summed E-state index contributed by atoms with van der Waals surface area (Å²) >= 11 is 0. The third-order valence-electron chi connectivity index (χ3n) is 1.52. The summed E-state index contributed by atoms with van der Waals surface area (Å²) in [6.45, 7) is 11.8. The van der Waals surface area contributed by atoms with Gasteiger partial charge in [0.2, 0.25) is 0 Å². The number of rotatable bonds is 5. The highest BCUT2D eigenvalue weighted by molar-refractivity contribution is 5.73. The number of hydrogen-bond donors (Lipinski definition) is 2. The van der Waals surface area contributed by atoms with E-state index in [1.807, 2.05) is 19.9 Å². The number of hydrogen-bond acceptors (Lipinski definition) is 1. The van der Waals surface area contributed by atoms with E-state index in [1.54, 1.807) is 19.2 Å². The van der Waals surface area contributed by atoms with E-state index in [9.17, 15) is 4.79 Å². The van der Waals surface area contributed by atoms with Crippen LogP contribution in [0.2, 0.25) is 0 Å². The second-order valence-corrected chi connectivity index (χ2v) is 2.44. The van der Waals surface area contributed by atoms with Crippen LogP contribution in [0.25, 0.3) is 0 Å². The summed E-state index contributed by atoms with van der Waals surface area (Å²) in [4.78, 5) is 10.8. The Kier molecular flexibility index (Phi) is 13.3. The molecule has 0 heterocycles. The Morgan fingerprint density at radius 1 is 1.33 bits per heavy atom. The first kappa shape index (κ1) is 15.9. The maximum absolute atomic E-state index is 10.8. The second kappa shape index (κ2) is 12.5. The number of nitrogens with one attached hydrogen (secondary N) is 2. The van der Waals surface area contributed by atoms with Crippen molar-refractivity contribution in [3.05, 3.63) is 37.0 Å². The number of amides is 2. The van der Waals surface area contributed by atoms with Gasteiger partial charge < -0.3 is 10.6 Å². The van der Waals surface area contributed by atoms with E-state index in [-0.39, 0.29) is 6.03 Å². The van der Waals surface area contributed by atoms with Crippen LogP contribution >= 0.6 is 0 Å². The third kappa shape index (κ3) is 10.4. The summed E-state index contributed by atoms with van der Waals surface area (Å²) in [5.41, 5.74) is 1.06. The summed E-state index contributed by atoms with van der Waals surface area (Å²) in [5, 5.41) is 5.16. The minimum atomic E-state index is -0.165. The molecule has 3 heteroatoms. The van der Waals surface area contributed by atoms with E-state index in [0.29, 0.717) is 6.54 Å². The van der Waals surface area contributed by atoms with E-state index in [2.05, 4.69) is 23.8 Å². The number of allylic oxidation sites excluding steroid dienone is 3. The first-order chi connectivity index (χ1) is 7.24. The van der Waals surface area contributed by atoms with Crippen molar-refractivity contribution in [3.63, 3.8) is 0 Å². The van der Waals surface area contributed by atoms with Gasteiger partial charge in [0.25, 0.3) is 0 Å². The molecule has 0 aromatic carbocycles. The van der Waals surface area contributed by atoms with E-state index in [0.717, 1.165) is 12.0 Å². The van der Waals surface area contributed by atoms with Crippen molar-refractivity contribution >= 4 is 6.03 Å². The molecule has 0 bridgehead atoms. The van der Waals surface area contributed by atoms with Crippen molar-refractivity contribution in [2.24, 2.45) is 0 Å². The molecule has 15 heavy (non-hydrogen) atoms. The van der Waals surface area contributed by atoms with Crippen molar-refractivity contribution in [2.75, 3.05) is 13.6 Å². The van der Waals surface area contributed by atoms with Gasteiger partial charge in [-0.25, -0.2) is 4.79 Å². The monoisotopic (exact) mass is 210 g/mol. The zero-order chi connectivity index (χ0) is 12.1. The van der Waals surface area contributed by atoms with Gasteiger partial charge in [0, 0.05) is 13.6 Å². The Balaban J connectivity index is 0. The van der Waals surface area contributed by atoms with Gasteiger partial charge in [-0.1, -0.05) is 45.2 Å². The summed E-state index contributed by atoms with van der Waals surface area (Å²) in [6.07, 6.45) is 6.10. The molecule has 0 saturated carbocycles. The van der Waals surface area contributed by atoms with Crippen LogP contribution in [0.3, 0.4) is 0 Å². The molecule has 0 atom stereocenters. The standard InChI is InChI=1S/C10H16N2O.C2H6/c1-4-6-9(5-2)7-8-12-10(13)11-3;1-2/h4-6H,1-2,7-8H2,3H3,(H2,11,12,13);1-2H3/b9-6+;. The van der Waals surface area contributed by atoms with Crippen molar-refractivity contribution in [2.45, 2.75) is 20.3 Å². The van der Waals surface area contributed by atoms with E-state index in [1.165, 1.54) is 0 Å². The van der Waals surface area contributed by atoms with E-state index >= 15 is 0 Å². The molecular weight excluding hydrogens is 188 g/mol. The Morgan fingerprint density at radius 2 is 1.93 bits per heavy atom. The van der Waals surface area contributed by atoms with Crippen LogP contribution in [0.1, 0.15) is 20.3 Å². The quantitative estimate of drug-likeness (QED) is 0.673. The molecule has 0 fully saturated rings. The molecule has 3 nitrogen and oxygen atoms in total. The van der Waals surface area contributed by atoms with Crippen molar-refractivity contribution in [3.8, 4) is 0 Å². The lowest BCUT2D eigenvalue weighted by molar-refractivity contribution is 0.243. The molecule has 0 aromatic rings. The van der Waals surface area contributed by atoms with Crippen molar-refractivity contribution < 1.29 is 4.79 Å². The molecule has 86 valence electrons. The van der Waals surface area contributed by atoms with Gasteiger partial charge in [0.15, 0.2) is 0 Å². The Morgan fingerprint density at radius 3 is 2.33 bits per heavy atom. The molecule has 0 rings (SSSR count). The fourth-order valence-electron chi connectivity index (χ4n) is 0.814. The van der Waals surface area contributed by atoms with Gasteiger partial charge in [-0.2, -0.15) is 0 Å². The minimum absolute atomic E-state index is 0.165. The number of carbonyl (C=O) groups is 1. The van der Waals surface area contributed by atoms with Crippen molar-refractivity contribution in [1.29, 1.82) is 0 Å². The molecule has 0 spiro atoms. The zero-order valence-electron chi connectivity index (χ0n) is 9.97. The topological polar surface area (TPSA) is 41.1 Å². The van der Waals surface area contributed by atoms with Crippen LogP contribution in [-0.4, -0.2) is 19.6 Å². The molecule has 0 aliphatic carbocycles. The van der Waals surface area contributed by atoms with Crippen LogP contribution in [0.5, 0.6) is 0 Å². The fraction of sp³-hybridized carbons (Fsp3) is 0.417. The van der Waals surface area contributed by atoms with Gasteiger partial charge in [-0.15, -0.1) is 0 Å².